The van der Waals surface area contributed by atoms with E-state index in [0.29, 0.717) is 17.0 Å². The number of nitrogen functional groups attached to an aromatic ring is 1. The van der Waals surface area contributed by atoms with E-state index in [1.54, 1.807) is 6.07 Å². The van der Waals surface area contributed by atoms with Gasteiger partial charge < -0.3 is 10.5 Å². The van der Waals surface area contributed by atoms with Gasteiger partial charge >= 0.3 is 0 Å². The molecule has 0 radical (unpaired) electrons. The summed E-state index contributed by atoms with van der Waals surface area (Å²) in [6, 6.07) is 9.10. The Balaban J connectivity index is 2.14. The summed E-state index contributed by atoms with van der Waals surface area (Å²) in [4.78, 5) is 0. The van der Waals surface area contributed by atoms with Crippen LogP contribution in [0.4, 0.5) is 14.5 Å². The van der Waals surface area contributed by atoms with Crippen LogP contribution >= 0.6 is 0 Å². The Hall–Kier alpha value is -2.10. The van der Waals surface area contributed by atoms with Crippen molar-refractivity contribution in [1.29, 1.82) is 0 Å². The second kappa shape index (κ2) is 5.04. The van der Waals surface area contributed by atoms with Crippen molar-refractivity contribution in [2.45, 2.75) is 13.5 Å². The molecule has 0 aliphatic rings. The van der Waals surface area contributed by atoms with Gasteiger partial charge in [0.25, 0.3) is 0 Å². The molecule has 0 amide bonds. The predicted molar refractivity (Wildman–Crippen MR) is 66.3 cm³/mol. The van der Waals surface area contributed by atoms with Gasteiger partial charge in [-0.25, -0.2) is 8.78 Å². The normalized spacial score (nSPS) is 10.4. The minimum atomic E-state index is -0.881. The number of hydrogen-bond donors (Lipinski definition) is 1. The standard InChI is InChI=1S/C14H13F2NO/c1-9-3-2-4-13(17)14(9)18-8-10-5-6-11(15)12(16)7-10/h2-7H,8,17H2,1H3. The smallest absolute Gasteiger partial charge is 0.159 e. The van der Waals surface area contributed by atoms with Gasteiger partial charge in [-0.1, -0.05) is 18.2 Å². The maximum Gasteiger partial charge on any atom is 0.159 e. The van der Waals surface area contributed by atoms with Gasteiger partial charge in [-0.2, -0.15) is 0 Å². The van der Waals surface area contributed by atoms with E-state index in [1.807, 2.05) is 19.1 Å². The maximum atomic E-state index is 13.0. The quantitative estimate of drug-likeness (QED) is 0.846. The van der Waals surface area contributed by atoms with Crippen molar-refractivity contribution >= 4 is 5.69 Å². The lowest BCUT2D eigenvalue weighted by atomic mass is 10.2. The van der Waals surface area contributed by atoms with E-state index >= 15 is 0 Å². The number of anilines is 1. The summed E-state index contributed by atoms with van der Waals surface area (Å²) in [6.07, 6.45) is 0. The molecule has 2 rings (SSSR count). The summed E-state index contributed by atoms with van der Waals surface area (Å²) in [7, 11) is 0. The zero-order chi connectivity index (χ0) is 13.1. The van der Waals surface area contributed by atoms with Crippen LogP contribution in [0, 0.1) is 18.6 Å². The Morgan fingerprint density at radius 2 is 1.89 bits per heavy atom. The van der Waals surface area contributed by atoms with Crippen molar-refractivity contribution in [3.8, 4) is 5.75 Å². The molecule has 2 aromatic rings. The van der Waals surface area contributed by atoms with E-state index in [0.717, 1.165) is 17.7 Å². The molecular formula is C14H13F2NO. The van der Waals surface area contributed by atoms with E-state index in [1.165, 1.54) is 6.07 Å². The highest BCUT2D eigenvalue weighted by Crippen LogP contribution is 2.26. The molecule has 2 nitrogen and oxygen atoms in total. The van der Waals surface area contributed by atoms with Gasteiger partial charge in [0.2, 0.25) is 0 Å². The number of nitrogens with two attached hydrogens (primary N) is 1. The minimum absolute atomic E-state index is 0.145. The Kier molecular flexibility index (Phi) is 3.46. The third-order valence-corrected chi connectivity index (χ3v) is 2.61. The van der Waals surface area contributed by atoms with E-state index in [-0.39, 0.29) is 6.61 Å². The molecule has 0 saturated carbocycles. The van der Waals surface area contributed by atoms with Crippen molar-refractivity contribution in [1.82, 2.24) is 0 Å². The summed E-state index contributed by atoms with van der Waals surface area (Å²) in [6.45, 7) is 2.02. The SMILES string of the molecule is Cc1cccc(N)c1OCc1ccc(F)c(F)c1. The highest BCUT2D eigenvalue weighted by atomic mass is 19.2. The van der Waals surface area contributed by atoms with Crippen molar-refractivity contribution < 1.29 is 13.5 Å². The van der Waals surface area contributed by atoms with Crippen molar-refractivity contribution in [3.05, 3.63) is 59.2 Å². The maximum absolute atomic E-state index is 13.0. The third-order valence-electron chi connectivity index (χ3n) is 2.61. The Morgan fingerprint density at radius 1 is 1.11 bits per heavy atom. The van der Waals surface area contributed by atoms with Crippen molar-refractivity contribution in [3.63, 3.8) is 0 Å². The summed E-state index contributed by atoms with van der Waals surface area (Å²) in [5, 5.41) is 0. The molecule has 0 saturated heterocycles. The topological polar surface area (TPSA) is 35.2 Å². The van der Waals surface area contributed by atoms with Crippen LogP contribution in [-0.2, 0) is 6.61 Å². The van der Waals surface area contributed by atoms with E-state index < -0.39 is 11.6 Å². The summed E-state index contributed by atoms with van der Waals surface area (Å²) >= 11 is 0. The van der Waals surface area contributed by atoms with Gasteiger partial charge in [0.15, 0.2) is 11.6 Å². The zero-order valence-electron chi connectivity index (χ0n) is 9.91. The van der Waals surface area contributed by atoms with Gasteiger partial charge in [-0.3, -0.25) is 0 Å². The molecule has 0 unspecified atom stereocenters. The van der Waals surface area contributed by atoms with Crippen LogP contribution in [0.1, 0.15) is 11.1 Å². The summed E-state index contributed by atoms with van der Waals surface area (Å²) < 4.78 is 31.3. The van der Waals surface area contributed by atoms with Gasteiger partial charge in [0, 0.05) is 0 Å². The first-order chi connectivity index (χ1) is 8.58. The molecule has 0 bridgehead atoms. The molecule has 0 aliphatic carbocycles. The predicted octanol–water partition coefficient (Wildman–Crippen LogP) is 3.43. The van der Waals surface area contributed by atoms with Crippen LogP contribution < -0.4 is 10.5 Å². The Morgan fingerprint density at radius 3 is 2.56 bits per heavy atom. The fraction of sp³-hybridized carbons (Fsp3) is 0.143. The highest BCUT2D eigenvalue weighted by Gasteiger charge is 2.06. The van der Waals surface area contributed by atoms with Gasteiger partial charge in [0.05, 0.1) is 5.69 Å². The molecule has 18 heavy (non-hydrogen) atoms. The molecule has 94 valence electrons. The van der Waals surface area contributed by atoms with Crippen LogP contribution in [0.15, 0.2) is 36.4 Å². The lowest BCUT2D eigenvalue weighted by Gasteiger charge is -2.11. The fourth-order valence-corrected chi connectivity index (χ4v) is 1.66. The van der Waals surface area contributed by atoms with Crippen LogP contribution in [0.25, 0.3) is 0 Å². The number of ether oxygens (including phenoxy) is 1. The Labute approximate surface area is 104 Å². The molecule has 0 fully saturated rings. The lowest BCUT2D eigenvalue weighted by Crippen LogP contribution is -2.01. The van der Waals surface area contributed by atoms with E-state index in [4.69, 9.17) is 10.5 Å². The number of hydrogen-bond acceptors (Lipinski definition) is 2. The van der Waals surface area contributed by atoms with Crippen LogP contribution in [0.3, 0.4) is 0 Å². The third kappa shape index (κ3) is 2.59. The summed E-state index contributed by atoms with van der Waals surface area (Å²) in [5.41, 5.74) is 7.76. The van der Waals surface area contributed by atoms with Crippen LogP contribution in [0.5, 0.6) is 5.75 Å². The van der Waals surface area contributed by atoms with Gasteiger partial charge in [-0.15, -0.1) is 0 Å². The average molecular weight is 249 g/mol. The number of aryl methyl sites for hydroxylation is 1. The highest BCUT2D eigenvalue weighted by molar-refractivity contribution is 5.56. The first-order valence-corrected chi connectivity index (χ1v) is 5.50. The molecule has 0 heterocycles. The molecule has 4 heteroatoms. The van der Waals surface area contributed by atoms with Gasteiger partial charge in [-0.05, 0) is 36.2 Å². The van der Waals surface area contributed by atoms with Crippen molar-refractivity contribution in [2.75, 3.05) is 5.73 Å². The second-order valence-corrected chi connectivity index (χ2v) is 4.03. The first kappa shape index (κ1) is 12.4. The molecule has 0 aromatic heterocycles. The molecule has 0 spiro atoms. The van der Waals surface area contributed by atoms with Crippen LogP contribution in [-0.4, -0.2) is 0 Å². The minimum Gasteiger partial charge on any atom is -0.486 e. The van der Waals surface area contributed by atoms with E-state index in [2.05, 4.69) is 0 Å². The number of rotatable bonds is 3. The number of benzene rings is 2. The fourth-order valence-electron chi connectivity index (χ4n) is 1.66. The summed E-state index contributed by atoms with van der Waals surface area (Å²) in [5.74, 6) is -1.18. The average Bonchev–Trinajstić information content (AvgIpc) is 2.33. The molecule has 2 aromatic carbocycles. The monoisotopic (exact) mass is 249 g/mol. The van der Waals surface area contributed by atoms with E-state index in [9.17, 15) is 8.78 Å². The lowest BCUT2D eigenvalue weighted by molar-refractivity contribution is 0.304. The molecule has 2 N–H and O–H groups in total. The second-order valence-electron chi connectivity index (χ2n) is 4.03. The van der Waals surface area contributed by atoms with Crippen molar-refractivity contribution in [2.24, 2.45) is 0 Å². The van der Waals surface area contributed by atoms with Gasteiger partial charge in [0.1, 0.15) is 12.4 Å². The zero-order valence-corrected chi connectivity index (χ0v) is 9.91. The number of halogens is 2. The molecule has 0 atom stereocenters. The largest absolute Gasteiger partial charge is 0.486 e. The number of para-hydroxylation sites is 1. The Bertz CT molecular complexity index is 549. The van der Waals surface area contributed by atoms with Crippen LogP contribution in [0.2, 0.25) is 0 Å². The molecular weight excluding hydrogens is 236 g/mol. The molecule has 0 aliphatic heterocycles. The first-order valence-electron chi connectivity index (χ1n) is 5.50.